The van der Waals surface area contributed by atoms with Gasteiger partial charge >= 0.3 is 6.03 Å². The molecule has 2 aliphatic rings. The third-order valence-corrected chi connectivity index (χ3v) is 7.83. The molecule has 1 saturated heterocycles. The normalized spacial score (nSPS) is 17.7. The molecular formula is C29H39N7O2. The van der Waals surface area contributed by atoms with E-state index in [2.05, 4.69) is 53.6 Å². The highest BCUT2D eigenvalue weighted by Crippen LogP contribution is 2.36. The number of rotatable bonds is 6. The summed E-state index contributed by atoms with van der Waals surface area (Å²) in [5.74, 6) is 0.983. The van der Waals surface area contributed by atoms with E-state index in [1.807, 2.05) is 17.2 Å². The fraction of sp³-hybridized carbons (Fsp3) is 0.517. The van der Waals surface area contributed by atoms with Gasteiger partial charge in [-0.3, -0.25) is 4.68 Å². The van der Waals surface area contributed by atoms with Gasteiger partial charge < -0.3 is 20.6 Å². The molecule has 3 heterocycles. The summed E-state index contributed by atoms with van der Waals surface area (Å²) in [5.41, 5.74) is 6.17. The summed E-state index contributed by atoms with van der Waals surface area (Å²) < 4.78 is 1.66. The van der Waals surface area contributed by atoms with Gasteiger partial charge in [0.25, 0.3) is 0 Å². The van der Waals surface area contributed by atoms with Gasteiger partial charge in [0.1, 0.15) is 0 Å². The third-order valence-electron chi connectivity index (χ3n) is 7.83. The molecule has 0 bridgehead atoms. The Balaban J connectivity index is 1.40. The molecule has 1 aromatic carbocycles. The zero-order valence-electron chi connectivity index (χ0n) is 22.7. The predicted molar refractivity (Wildman–Crippen MR) is 149 cm³/mol. The summed E-state index contributed by atoms with van der Waals surface area (Å²) in [6.07, 6.45) is 11.7. The first-order chi connectivity index (χ1) is 18.3. The number of nitrogens with zero attached hydrogens (tertiary/aromatic N) is 5. The Morgan fingerprint density at radius 2 is 2.03 bits per heavy atom. The molecule has 0 spiro atoms. The van der Waals surface area contributed by atoms with Crippen LogP contribution in [-0.2, 0) is 19.4 Å². The maximum atomic E-state index is 13.4. The highest BCUT2D eigenvalue weighted by molar-refractivity contribution is 5.91. The van der Waals surface area contributed by atoms with Crippen LogP contribution in [0.15, 0.2) is 36.8 Å². The minimum atomic E-state index is -0.00900. The number of aryl methyl sites for hydroxylation is 1. The number of fused-ring (bicyclic) bond motifs is 1. The summed E-state index contributed by atoms with van der Waals surface area (Å²) in [6.45, 7) is 8.83. The van der Waals surface area contributed by atoms with Crippen LogP contribution in [0.1, 0.15) is 57.6 Å². The van der Waals surface area contributed by atoms with Gasteiger partial charge in [-0.2, -0.15) is 5.10 Å². The number of likely N-dealkylation sites (tertiary alicyclic amines) is 1. The van der Waals surface area contributed by atoms with Crippen LogP contribution < -0.4 is 10.6 Å². The molecule has 9 nitrogen and oxygen atoms in total. The predicted octanol–water partition coefficient (Wildman–Crippen LogP) is 5.24. The monoisotopic (exact) mass is 517 g/mol. The minimum Gasteiger partial charge on any atom is -0.394 e. The molecule has 1 aliphatic heterocycles. The molecule has 1 atom stereocenters. The lowest BCUT2D eigenvalue weighted by Crippen LogP contribution is -2.34. The Labute approximate surface area is 224 Å². The van der Waals surface area contributed by atoms with E-state index in [9.17, 15) is 4.79 Å². The molecular weight excluding hydrogens is 478 g/mol. The molecule has 202 valence electrons. The number of nitrogens with one attached hydrogen (secondary N) is 2. The molecule has 2 aromatic heterocycles. The number of hydrogen-bond donors (Lipinski definition) is 3. The van der Waals surface area contributed by atoms with Gasteiger partial charge in [0.05, 0.1) is 30.7 Å². The fourth-order valence-electron chi connectivity index (χ4n) is 5.51. The van der Waals surface area contributed by atoms with Crippen molar-refractivity contribution in [1.29, 1.82) is 0 Å². The second kappa shape index (κ2) is 11.1. The molecule has 1 unspecified atom stereocenters. The van der Waals surface area contributed by atoms with Gasteiger partial charge in [0.2, 0.25) is 5.95 Å². The molecule has 2 amide bonds. The SMILES string of the molecule is CC(C)(C)C1CCN(C(=O)Nc2cc(-c3ccnc(Nc4cnn(CCO)c4)n3)cc3c2CCCCC3)C1. The minimum absolute atomic E-state index is 0.00900. The maximum absolute atomic E-state index is 13.4. The quantitative estimate of drug-likeness (QED) is 0.386. The lowest BCUT2D eigenvalue weighted by molar-refractivity contribution is 0.208. The van der Waals surface area contributed by atoms with E-state index in [-0.39, 0.29) is 18.1 Å². The highest BCUT2D eigenvalue weighted by atomic mass is 16.3. The average molecular weight is 518 g/mol. The van der Waals surface area contributed by atoms with Crippen LogP contribution in [0, 0.1) is 11.3 Å². The zero-order valence-corrected chi connectivity index (χ0v) is 22.7. The number of aliphatic hydroxyl groups is 1. The molecule has 38 heavy (non-hydrogen) atoms. The molecule has 1 fully saturated rings. The third kappa shape index (κ3) is 5.99. The van der Waals surface area contributed by atoms with E-state index in [4.69, 9.17) is 10.1 Å². The molecule has 3 aromatic rings. The average Bonchev–Trinajstić information content (AvgIpc) is 3.49. The standard InChI is InChI=1S/C29H39N7O2/c1-29(2,3)22-10-12-35(18-22)28(38)34-26-16-21(15-20-7-5-4-6-8-24(20)26)25-9-11-30-27(33-25)32-23-17-31-36(19-23)13-14-37/h9,11,15-17,19,22,37H,4-8,10,12-14,18H2,1-3H3,(H,34,38)(H,30,32,33). The summed E-state index contributed by atoms with van der Waals surface area (Å²) in [4.78, 5) is 24.5. The van der Waals surface area contributed by atoms with Crippen molar-refractivity contribution in [2.75, 3.05) is 30.3 Å². The van der Waals surface area contributed by atoms with E-state index < -0.39 is 0 Å². The van der Waals surface area contributed by atoms with Crippen LogP contribution in [0.5, 0.6) is 0 Å². The largest absolute Gasteiger partial charge is 0.394 e. The number of hydrogen-bond acceptors (Lipinski definition) is 6. The lowest BCUT2D eigenvalue weighted by atomic mass is 9.80. The summed E-state index contributed by atoms with van der Waals surface area (Å²) >= 11 is 0. The van der Waals surface area contributed by atoms with Crippen LogP contribution in [-0.4, -0.2) is 55.5 Å². The fourth-order valence-corrected chi connectivity index (χ4v) is 5.51. The maximum Gasteiger partial charge on any atom is 0.321 e. The first-order valence-corrected chi connectivity index (χ1v) is 13.8. The van der Waals surface area contributed by atoms with Gasteiger partial charge in [-0.15, -0.1) is 0 Å². The Morgan fingerprint density at radius 3 is 2.82 bits per heavy atom. The van der Waals surface area contributed by atoms with Crippen LogP contribution in [0.4, 0.5) is 22.1 Å². The number of aromatic nitrogens is 4. The number of carbonyl (C=O) groups excluding carboxylic acids is 1. The van der Waals surface area contributed by atoms with Crippen molar-refractivity contribution < 1.29 is 9.90 Å². The molecule has 9 heteroatoms. The smallest absolute Gasteiger partial charge is 0.321 e. The number of carbonyl (C=O) groups is 1. The lowest BCUT2D eigenvalue weighted by Gasteiger charge is -2.27. The van der Waals surface area contributed by atoms with Crippen LogP contribution in [0.3, 0.4) is 0 Å². The van der Waals surface area contributed by atoms with E-state index in [0.29, 0.717) is 18.4 Å². The van der Waals surface area contributed by atoms with Crippen LogP contribution >= 0.6 is 0 Å². The van der Waals surface area contributed by atoms with E-state index in [0.717, 1.165) is 67.8 Å². The van der Waals surface area contributed by atoms with Gasteiger partial charge in [0.15, 0.2) is 0 Å². The van der Waals surface area contributed by atoms with Crippen LogP contribution in [0.25, 0.3) is 11.3 Å². The van der Waals surface area contributed by atoms with Gasteiger partial charge in [-0.05, 0) is 72.8 Å². The van der Waals surface area contributed by atoms with Crippen molar-refractivity contribution in [3.8, 4) is 11.3 Å². The second-order valence-corrected chi connectivity index (χ2v) is 11.6. The van der Waals surface area contributed by atoms with Crippen LogP contribution in [0.2, 0.25) is 0 Å². The van der Waals surface area contributed by atoms with E-state index >= 15 is 0 Å². The van der Waals surface area contributed by atoms with Crippen molar-refractivity contribution in [3.05, 3.63) is 47.9 Å². The first kappa shape index (κ1) is 26.2. The molecule has 5 rings (SSSR count). The number of aliphatic hydroxyl groups excluding tert-OH is 1. The van der Waals surface area contributed by atoms with E-state index in [1.54, 1.807) is 17.1 Å². The van der Waals surface area contributed by atoms with Crippen molar-refractivity contribution in [3.63, 3.8) is 0 Å². The Hall–Kier alpha value is -3.46. The molecule has 0 saturated carbocycles. The Bertz CT molecular complexity index is 1280. The molecule has 0 radical (unpaired) electrons. The van der Waals surface area contributed by atoms with Gasteiger partial charge in [-0.25, -0.2) is 14.8 Å². The summed E-state index contributed by atoms with van der Waals surface area (Å²) in [7, 11) is 0. The molecule has 1 aliphatic carbocycles. The van der Waals surface area contributed by atoms with Crippen molar-refractivity contribution in [2.24, 2.45) is 11.3 Å². The number of amides is 2. The van der Waals surface area contributed by atoms with Crippen molar-refractivity contribution >= 4 is 23.4 Å². The molecule has 3 N–H and O–H groups in total. The highest BCUT2D eigenvalue weighted by Gasteiger charge is 2.34. The Kier molecular flexibility index (Phi) is 7.65. The van der Waals surface area contributed by atoms with Crippen molar-refractivity contribution in [2.45, 2.75) is 65.8 Å². The number of benzene rings is 1. The number of anilines is 3. The summed E-state index contributed by atoms with van der Waals surface area (Å²) in [6, 6.07) is 6.20. The van der Waals surface area contributed by atoms with Gasteiger partial charge in [0, 0.05) is 36.7 Å². The van der Waals surface area contributed by atoms with E-state index in [1.165, 1.54) is 17.5 Å². The topological polar surface area (TPSA) is 108 Å². The number of urea groups is 1. The first-order valence-electron chi connectivity index (χ1n) is 13.8. The Morgan fingerprint density at radius 1 is 1.18 bits per heavy atom. The second-order valence-electron chi connectivity index (χ2n) is 11.6. The van der Waals surface area contributed by atoms with Crippen molar-refractivity contribution in [1.82, 2.24) is 24.6 Å². The van der Waals surface area contributed by atoms with Gasteiger partial charge in [-0.1, -0.05) is 27.2 Å². The zero-order chi connectivity index (χ0) is 26.7. The summed E-state index contributed by atoms with van der Waals surface area (Å²) in [5, 5.41) is 19.8.